The Morgan fingerprint density at radius 1 is 0.867 bits per heavy atom. The molecule has 0 aromatic carbocycles. The Bertz CT molecular complexity index is 761. The summed E-state index contributed by atoms with van der Waals surface area (Å²) in [6.07, 6.45) is 8.89. The van der Waals surface area contributed by atoms with E-state index in [1.165, 1.54) is 44.9 Å². The average Bonchev–Trinajstić information content (AvgIpc) is 2.67. The van der Waals surface area contributed by atoms with Crippen LogP contribution in [0.25, 0.3) is 0 Å². The van der Waals surface area contributed by atoms with Gasteiger partial charge in [0.15, 0.2) is 0 Å². The van der Waals surface area contributed by atoms with E-state index < -0.39 is 0 Å². The third kappa shape index (κ3) is 6.02. The fourth-order valence-corrected chi connectivity index (χ4v) is 5.78. The van der Waals surface area contributed by atoms with Gasteiger partial charge in [-0.1, -0.05) is 53.5 Å². The first-order chi connectivity index (χ1) is 14.1. The van der Waals surface area contributed by atoms with Crippen LogP contribution in [0.15, 0.2) is 28.2 Å². The van der Waals surface area contributed by atoms with Crippen molar-refractivity contribution in [2.45, 2.75) is 105 Å². The number of rotatable bonds is 4. The van der Waals surface area contributed by atoms with Gasteiger partial charge in [-0.3, -0.25) is 9.98 Å². The van der Waals surface area contributed by atoms with Gasteiger partial charge in [-0.2, -0.15) is 0 Å². The summed E-state index contributed by atoms with van der Waals surface area (Å²) in [5.41, 5.74) is 4.46. The largest absolute Gasteiger partial charge is 0.284 e. The molecule has 3 nitrogen and oxygen atoms in total. The summed E-state index contributed by atoms with van der Waals surface area (Å²) < 4.78 is 0. The summed E-state index contributed by atoms with van der Waals surface area (Å²) >= 11 is 0. The third-order valence-corrected chi connectivity index (χ3v) is 7.22. The molecule has 3 heteroatoms. The maximum absolute atomic E-state index is 5.20. The predicted molar refractivity (Wildman–Crippen MR) is 130 cm³/mol. The lowest BCUT2D eigenvalue weighted by Crippen LogP contribution is -2.34. The van der Waals surface area contributed by atoms with Crippen molar-refractivity contribution in [2.75, 3.05) is 0 Å². The van der Waals surface area contributed by atoms with E-state index in [4.69, 9.17) is 15.0 Å². The minimum absolute atomic E-state index is 0.307. The molecule has 30 heavy (non-hydrogen) atoms. The summed E-state index contributed by atoms with van der Waals surface area (Å²) in [6.45, 7) is 16.1. The van der Waals surface area contributed by atoms with Crippen LogP contribution in [0.5, 0.6) is 0 Å². The molecule has 4 atom stereocenters. The fourth-order valence-electron chi connectivity index (χ4n) is 5.78. The second-order valence-corrected chi connectivity index (χ2v) is 11.2. The van der Waals surface area contributed by atoms with Gasteiger partial charge in [-0.05, 0) is 81.3 Å². The Labute approximate surface area is 184 Å². The van der Waals surface area contributed by atoms with Crippen LogP contribution < -0.4 is 0 Å². The number of aromatic nitrogens is 1. The molecule has 4 unspecified atom stereocenters. The summed E-state index contributed by atoms with van der Waals surface area (Å²) in [5, 5.41) is 0. The molecule has 1 heterocycles. The highest BCUT2D eigenvalue weighted by Gasteiger charge is 2.34. The van der Waals surface area contributed by atoms with Gasteiger partial charge < -0.3 is 0 Å². The highest BCUT2D eigenvalue weighted by atomic mass is 14.9. The highest BCUT2D eigenvalue weighted by molar-refractivity contribution is 6.00. The molecule has 0 N–H and O–H groups in total. The van der Waals surface area contributed by atoms with Crippen LogP contribution in [0, 0.1) is 23.2 Å². The van der Waals surface area contributed by atoms with Crippen LogP contribution >= 0.6 is 0 Å². The molecule has 0 amide bonds. The normalized spacial score (nSPS) is 31.6. The van der Waals surface area contributed by atoms with Crippen molar-refractivity contribution in [3.8, 4) is 0 Å². The number of hydrogen-bond donors (Lipinski definition) is 0. The predicted octanol–water partition coefficient (Wildman–Crippen LogP) is 7.13. The summed E-state index contributed by atoms with van der Waals surface area (Å²) in [4.78, 5) is 15.3. The maximum atomic E-state index is 5.20. The minimum atomic E-state index is 0.307. The Hall–Kier alpha value is -1.51. The van der Waals surface area contributed by atoms with Crippen molar-refractivity contribution >= 4 is 11.4 Å². The van der Waals surface area contributed by atoms with Crippen LogP contribution in [0.2, 0.25) is 0 Å². The summed E-state index contributed by atoms with van der Waals surface area (Å²) in [6, 6.07) is 7.19. The van der Waals surface area contributed by atoms with Gasteiger partial charge in [-0.15, -0.1) is 0 Å². The molecule has 0 spiro atoms. The van der Waals surface area contributed by atoms with E-state index in [2.05, 4.69) is 66.7 Å². The lowest BCUT2D eigenvalue weighted by molar-refractivity contribution is 0.154. The molecule has 2 fully saturated rings. The summed E-state index contributed by atoms with van der Waals surface area (Å²) in [5.74, 6) is 2.20. The summed E-state index contributed by atoms with van der Waals surface area (Å²) in [7, 11) is 0. The number of pyridine rings is 1. The van der Waals surface area contributed by atoms with Gasteiger partial charge in [0.25, 0.3) is 0 Å². The fraction of sp³-hybridized carbons (Fsp3) is 0.741. The van der Waals surface area contributed by atoms with Gasteiger partial charge in [0, 0.05) is 0 Å². The van der Waals surface area contributed by atoms with E-state index in [-0.39, 0.29) is 0 Å². The molecule has 1 aromatic heterocycles. The van der Waals surface area contributed by atoms with Gasteiger partial charge in [0.05, 0.1) is 34.9 Å². The molecule has 2 aliphatic carbocycles. The van der Waals surface area contributed by atoms with Gasteiger partial charge in [0.1, 0.15) is 0 Å². The zero-order valence-electron chi connectivity index (χ0n) is 20.4. The van der Waals surface area contributed by atoms with E-state index in [1.54, 1.807) is 0 Å². The first kappa shape index (κ1) is 23.2. The molecular weight excluding hydrogens is 366 g/mol. The topological polar surface area (TPSA) is 37.6 Å². The first-order valence-corrected chi connectivity index (χ1v) is 12.2. The van der Waals surface area contributed by atoms with E-state index in [1.807, 2.05) is 0 Å². The molecule has 0 saturated heterocycles. The van der Waals surface area contributed by atoms with E-state index >= 15 is 0 Å². The van der Waals surface area contributed by atoms with Gasteiger partial charge in [-0.25, -0.2) is 4.98 Å². The van der Waals surface area contributed by atoms with Crippen LogP contribution in [0.4, 0.5) is 0 Å². The van der Waals surface area contributed by atoms with Crippen LogP contribution in [0.1, 0.15) is 105 Å². The monoisotopic (exact) mass is 409 g/mol. The lowest BCUT2D eigenvalue weighted by atomic mass is 9.70. The van der Waals surface area contributed by atoms with Gasteiger partial charge in [0.2, 0.25) is 0 Å². The zero-order valence-corrected chi connectivity index (χ0v) is 20.4. The Balaban J connectivity index is 1.78. The lowest BCUT2D eigenvalue weighted by Gasteiger charge is -2.38. The molecule has 0 aliphatic heterocycles. The molecule has 2 aliphatic rings. The van der Waals surface area contributed by atoms with Crippen LogP contribution in [-0.4, -0.2) is 28.5 Å². The Morgan fingerprint density at radius 3 is 2.03 bits per heavy atom. The first-order valence-electron chi connectivity index (χ1n) is 12.2. The molecule has 0 radical (unpaired) electrons. The Morgan fingerprint density at radius 2 is 1.43 bits per heavy atom. The average molecular weight is 410 g/mol. The molecule has 3 rings (SSSR count). The van der Waals surface area contributed by atoms with Crippen molar-refractivity contribution < 1.29 is 0 Å². The highest BCUT2D eigenvalue weighted by Crippen LogP contribution is 2.39. The Kier molecular flexibility index (Phi) is 7.52. The van der Waals surface area contributed by atoms with Crippen LogP contribution in [-0.2, 0) is 0 Å². The minimum Gasteiger partial charge on any atom is -0.284 e. The molecule has 1 aromatic rings. The SMILES string of the molecule is CC(=NC1CC(C)CC(C)C1)c1cccc(C(C)=NC2CCCCC2C(C)(C)C)n1. The standard InChI is InChI=1S/C27H43N3/c1-18-15-19(2)17-22(16-18)28-20(3)24-13-10-14-25(30-24)21(4)29-26-12-9-8-11-23(26)27(5,6)7/h10,13-14,18-19,22-23,26H,8-9,11-12,15-17H2,1-7H3. The van der Waals surface area contributed by atoms with E-state index in [9.17, 15) is 0 Å². The van der Waals surface area contributed by atoms with E-state index in [0.717, 1.165) is 34.6 Å². The van der Waals surface area contributed by atoms with Crippen molar-refractivity contribution in [1.82, 2.24) is 4.98 Å². The zero-order chi connectivity index (χ0) is 21.9. The number of hydrogen-bond acceptors (Lipinski definition) is 3. The van der Waals surface area contributed by atoms with E-state index in [0.29, 0.717) is 23.4 Å². The van der Waals surface area contributed by atoms with Crippen LogP contribution in [0.3, 0.4) is 0 Å². The number of aliphatic imine (C=N–C) groups is 2. The van der Waals surface area contributed by atoms with Crippen molar-refractivity contribution in [2.24, 2.45) is 33.2 Å². The van der Waals surface area contributed by atoms with Crippen molar-refractivity contribution in [3.63, 3.8) is 0 Å². The molecule has 166 valence electrons. The molecular formula is C27H43N3. The van der Waals surface area contributed by atoms with Crippen molar-refractivity contribution in [1.29, 1.82) is 0 Å². The van der Waals surface area contributed by atoms with Gasteiger partial charge >= 0.3 is 0 Å². The molecule has 2 saturated carbocycles. The third-order valence-electron chi connectivity index (χ3n) is 7.22. The quantitative estimate of drug-likeness (QED) is 0.487. The smallest absolute Gasteiger partial charge is 0.0845 e. The second-order valence-electron chi connectivity index (χ2n) is 11.2. The van der Waals surface area contributed by atoms with Crippen molar-refractivity contribution in [3.05, 3.63) is 29.6 Å². The second kappa shape index (κ2) is 9.75. The number of nitrogens with zero attached hydrogens (tertiary/aromatic N) is 3. The maximum Gasteiger partial charge on any atom is 0.0845 e. The molecule has 0 bridgehead atoms.